The van der Waals surface area contributed by atoms with Crippen molar-refractivity contribution in [3.8, 4) is 0 Å². The average molecular weight is 483 g/mol. The number of anilines is 1. The molecule has 0 aliphatic rings. The van der Waals surface area contributed by atoms with Crippen LogP contribution < -0.4 is 15.6 Å². The molecular formula is C23H22N4O4S2. The molecule has 0 saturated carbocycles. The molecule has 170 valence electrons. The summed E-state index contributed by atoms with van der Waals surface area (Å²) in [6.07, 6.45) is 0.469. The lowest BCUT2D eigenvalue weighted by molar-refractivity contribution is 0.103. The number of aryl methyl sites for hydroxylation is 2. The first-order valence-corrected chi connectivity index (χ1v) is 12.4. The number of hydrogen-bond acceptors (Lipinski definition) is 6. The number of aromatic amines is 1. The summed E-state index contributed by atoms with van der Waals surface area (Å²) in [5, 5.41) is 3.12. The number of nitrogens with one attached hydrogen (secondary N) is 3. The molecule has 0 fully saturated rings. The van der Waals surface area contributed by atoms with E-state index in [4.69, 9.17) is 0 Å². The quantitative estimate of drug-likeness (QED) is 0.389. The zero-order chi connectivity index (χ0) is 23.8. The second-order valence-electron chi connectivity index (χ2n) is 7.55. The van der Waals surface area contributed by atoms with E-state index in [1.807, 2.05) is 30.3 Å². The van der Waals surface area contributed by atoms with Crippen molar-refractivity contribution >= 4 is 43.2 Å². The highest BCUT2D eigenvalue weighted by Crippen LogP contribution is 2.28. The summed E-state index contributed by atoms with van der Waals surface area (Å²) in [4.78, 5) is 34.0. The van der Waals surface area contributed by atoms with Gasteiger partial charge in [-0.15, -0.1) is 11.3 Å². The van der Waals surface area contributed by atoms with Crippen molar-refractivity contribution in [1.29, 1.82) is 0 Å². The number of thiophene rings is 1. The number of hydrogen-bond donors (Lipinski definition) is 3. The summed E-state index contributed by atoms with van der Waals surface area (Å²) >= 11 is 1.13. The van der Waals surface area contributed by atoms with Crippen LogP contribution in [-0.2, 0) is 16.4 Å². The summed E-state index contributed by atoms with van der Waals surface area (Å²) in [5.41, 5.74) is 2.14. The number of amides is 1. The lowest BCUT2D eigenvalue weighted by atomic mass is 10.1. The van der Waals surface area contributed by atoms with E-state index in [0.29, 0.717) is 44.2 Å². The number of carbonyl (C=O) groups excluding carboxylic acids is 1. The molecule has 1 amide bonds. The van der Waals surface area contributed by atoms with Crippen LogP contribution >= 0.6 is 11.3 Å². The van der Waals surface area contributed by atoms with Gasteiger partial charge in [0.25, 0.3) is 11.5 Å². The average Bonchev–Trinajstić information content (AvgIpc) is 3.12. The predicted molar refractivity (Wildman–Crippen MR) is 130 cm³/mol. The third kappa shape index (κ3) is 4.58. The van der Waals surface area contributed by atoms with E-state index >= 15 is 0 Å². The van der Waals surface area contributed by atoms with Gasteiger partial charge in [-0.25, -0.2) is 18.1 Å². The number of H-pyrrole nitrogens is 1. The van der Waals surface area contributed by atoms with Crippen LogP contribution in [0, 0.1) is 13.8 Å². The number of carbonyl (C=O) groups is 1. The number of aromatic nitrogens is 2. The molecule has 0 spiro atoms. The van der Waals surface area contributed by atoms with Gasteiger partial charge in [-0.05, 0) is 49.7 Å². The molecule has 0 bridgehead atoms. The second kappa shape index (κ2) is 8.89. The van der Waals surface area contributed by atoms with Crippen LogP contribution in [0.25, 0.3) is 10.2 Å². The SMILES string of the molecule is CNS(=O)(=O)c1cc(NC(=O)c2sc3nc(Cc4ccccc4)[nH]c(=O)c3c2C)ccc1C. The normalized spacial score (nSPS) is 11.6. The molecule has 0 aliphatic heterocycles. The Balaban J connectivity index is 1.67. The highest BCUT2D eigenvalue weighted by Gasteiger charge is 2.21. The molecule has 2 heterocycles. The topological polar surface area (TPSA) is 121 Å². The first kappa shape index (κ1) is 22.8. The van der Waals surface area contributed by atoms with Crippen molar-refractivity contribution < 1.29 is 13.2 Å². The lowest BCUT2D eigenvalue weighted by Gasteiger charge is -2.10. The fourth-order valence-electron chi connectivity index (χ4n) is 3.54. The number of fused-ring (bicyclic) bond motifs is 1. The van der Waals surface area contributed by atoms with Crippen LogP contribution in [0.3, 0.4) is 0 Å². The Labute approximate surface area is 194 Å². The molecule has 0 radical (unpaired) electrons. The minimum Gasteiger partial charge on any atom is -0.321 e. The van der Waals surface area contributed by atoms with E-state index in [0.717, 1.165) is 16.9 Å². The Morgan fingerprint density at radius 2 is 1.85 bits per heavy atom. The van der Waals surface area contributed by atoms with Crippen LogP contribution in [0.15, 0.2) is 58.2 Å². The van der Waals surface area contributed by atoms with Gasteiger partial charge in [0.15, 0.2) is 0 Å². The lowest BCUT2D eigenvalue weighted by Crippen LogP contribution is -2.20. The molecular weight excluding hydrogens is 460 g/mol. The molecule has 2 aromatic carbocycles. The first-order chi connectivity index (χ1) is 15.7. The Hall–Kier alpha value is -3.34. The fourth-order valence-corrected chi connectivity index (χ4v) is 5.63. The molecule has 33 heavy (non-hydrogen) atoms. The van der Waals surface area contributed by atoms with Crippen LogP contribution in [0.2, 0.25) is 0 Å². The van der Waals surface area contributed by atoms with Gasteiger partial charge in [-0.3, -0.25) is 9.59 Å². The van der Waals surface area contributed by atoms with Gasteiger partial charge in [0, 0.05) is 12.1 Å². The Morgan fingerprint density at radius 3 is 2.55 bits per heavy atom. The Kier molecular flexibility index (Phi) is 6.15. The van der Waals surface area contributed by atoms with Crippen LogP contribution in [0.1, 0.15) is 32.2 Å². The summed E-state index contributed by atoms with van der Waals surface area (Å²) in [6, 6.07) is 14.3. The van der Waals surface area contributed by atoms with E-state index in [-0.39, 0.29) is 10.5 Å². The summed E-state index contributed by atoms with van der Waals surface area (Å²) in [5.74, 6) is 0.0866. The standard InChI is InChI=1S/C23H22N4O4S2/c1-13-9-10-16(12-17(13)33(30,31)24-3)25-22(29)20-14(2)19-21(28)26-18(27-23(19)32-20)11-15-7-5-4-6-8-15/h4-10,12,24H,11H2,1-3H3,(H,25,29)(H,26,27,28). The van der Waals surface area contributed by atoms with E-state index in [1.54, 1.807) is 26.0 Å². The van der Waals surface area contributed by atoms with Gasteiger partial charge in [-0.2, -0.15) is 0 Å². The van der Waals surface area contributed by atoms with E-state index in [9.17, 15) is 18.0 Å². The summed E-state index contributed by atoms with van der Waals surface area (Å²) < 4.78 is 26.7. The molecule has 0 saturated heterocycles. The molecule has 0 aliphatic carbocycles. The maximum atomic E-state index is 13.0. The van der Waals surface area contributed by atoms with Gasteiger partial charge in [-0.1, -0.05) is 36.4 Å². The number of rotatable bonds is 6. The van der Waals surface area contributed by atoms with E-state index in [1.165, 1.54) is 13.1 Å². The third-order valence-electron chi connectivity index (χ3n) is 5.27. The van der Waals surface area contributed by atoms with Gasteiger partial charge in [0.05, 0.1) is 15.2 Å². The summed E-state index contributed by atoms with van der Waals surface area (Å²) in [7, 11) is -2.34. The van der Waals surface area contributed by atoms with Crippen molar-refractivity contribution in [3.63, 3.8) is 0 Å². The summed E-state index contributed by atoms with van der Waals surface area (Å²) in [6.45, 7) is 3.38. The molecule has 2 aromatic heterocycles. The largest absolute Gasteiger partial charge is 0.321 e. The van der Waals surface area contributed by atoms with Gasteiger partial charge in [0.1, 0.15) is 10.7 Å². The van der Waals surface area contributed by atoms with Gasteiger partial charge < -0.3 is 10.3 Å². The molecule has 0 atom stereocenters. The van der Waals surface area contributed by atoms with Crippen LogP contribution in [0.5, 0.6) is 0 Å². The van der Waals surface area contributed by atoms with Crippen molar-refractivity contribution in [2.24, 2.45) is 0 Å². The number of benzene rings is 2. The first-order valence-electron chi connectivity index (χ1n) is 10.1. The van der Waals surface area contributed by atoms with Crippen molar-refractivity contribution in [3.05, 3.63) is 86.3 Å². The monoisotopic (exact) mass is 482 g/mol. The van der Waals surface area contributed by atoms with Crippen LogP contribution in [-0.4, -0.2) is 31.3 Å². The third-order valence-corrected chi connectivity index (χ3v) is 8.02. The Bertz CT molecular complexity index is 1520. The predicted octanol–water partition coefficient (Wildman–Crippen LogP) is 3.35. The molecule has 4 aromatic rings. The fraction of sp³-hybridized carbons (Fsp3) is 0.174. The maximum absolute atomic E-state index is 13.0. The maximum Gasteiger partial charge on any atom is 0.266 e. The molecule has 4 rings (SSSR count). The van der Waals surface area contributed by atoms with Crippen molar-refractivity contribution in [1.82, 2.24) is 14.7 Å². The zero-order valence-electron chi connectivity index (χ0n) is 18.2. The van der Waals surface area contributed by atoms with E-state index in [2.05, 4.69) is 20.0 Å². The highest BCUT2D eigenvalue weighted by molar-refractivity contribution is 7.89. The zero-order valence-corrected chi connectivity index (χ0v) is 19.9. The highest BCUT2D eigenvalue weighted by atomic mass is 32.2. The smallest absolute Gasteiger partial charge is 0.266 e. The molecule has 0 unspecified atom stereocenters. The van der Waals surface area contributed by atoms with Crippen LogP contribution in [0.4, 0.5) is 5.69 Å². The number of sulfonamides is 1. The molecule has 3 N–H and O–H groups in total. The van der Waals surface area contributed by atoms with E-state index < -0.39 is 15.9 Å². The second-order valence-corrected chi connectivity index (χ2v) is 10.4. The van der Waals surface area contributed by atoms with Crippen molar-refractivity contribution in [2.75, 3.05) is 12.4 Å². The van der Waals surface area contributed by atoms with Gasteiger partial charge in [0.2, 0.25) is 10.0 Å². The van der Waals surface area contributed by atoms with Crippen molar-refractivity contribution in [2.45, 2.75) is 25.2 Å². The molecule has 8 nitrogen and oxygen atoms in total. The Morgan fingerprint density at radius 1 is 1.12 bits per heavy atom. The number of nitrogens with zero attached hydrogens (tertiary/aromatic N) is 1. The molecule has 10 heteroatoms. The minimum absolute atomic E-state index is 0.0829. The minimum atomic E-state index is -3.67. The van der Waals surface area contributed by atoms with Gasteiger partial charge >= 0.3 is 0 Å².